The fourth-order valence-corrected chi connectivity index (χ4v) is 1.85. The second-order valence-electron chi connectivity index (χ2n) is 4.84. The molecule has 0 spiro atoms. The highest BCUT2D eigenvalue weighted by Gasteiger charge is 2.12. The Balaban J connectivity index is 2.06. The Hall–Kier alpha value is -1.88. The third-order valence-corrected chi connectivity index (χ3v) is 3.05. The Labute approximate surface area is 113 Å². The lowest BCUT2D eigenvalue weighted by atomic mass is 10.1. The Morgan fingerprint density at radius 3 is 2.53 bits per heavy atom. The molecular formula is C14H20N4O. The lowest BCUT2D eigenvalue weighted by molar-refractivity contribution is 0.171. The van der Waals surface area contributed by atoms with Crippen LogP contribution in [-0.4, -0.2) is 34.5 Å². The smallest absolute Gasteiger partial charge is 0.138 e. The van der Waals surface area contributed by atoms with Gasteiger partial charge in [-0.1, -0.05) is 13.8 Å². The number of hydrogen-bond acceptors (Lipinski definition) is 4. The summed E-state index contributed by atoms with van der Waals surface area (Å²) in [6.07, 6.45) is 3.21. The van der Waals surface area contributed by atoms with Crippen LogP contribution in [0, 0.1) is 5.92 Å². The van der Waals surface area contributed by atoms with Crippen molar-refractivity contribution >= 4 is 5.69 Å². The first-order valence-electron chi connectivity index (χ1n) is 6.41. The summed E-state index contributed by atoms with van der Waals surface area (Å²) in [6, 6.07) is 8.43. The maximum atomic E-state index is 5.24. The predicted octanol–water partition coefficient (Wildman–Crippen LogP) is 2.35. The topological polar surface area (TPSA) is 52.0 Å². The lowest BCUT2D eigenvalue weighted by Crippen LogP contribution is -2.30. The van der Waals surface area contributed by atoms with Crippen LogP contribution in [0.25, 0.3) is 5.69 Å². The number of nitrogens with one attached hydrogen (secondary N) is 1. The van der Waals surface area contributed by atoms with Gasteiger partial charge in [-0.2, -0.15) is 5.10 Å². The maximum Gasteiger partial charge on any atom is 0.138 e. The molecule has 19 heavy (non-hydrogen) atoms. The molecule has 1 atom stereocenters. The van der Waals surface area contributed by atoms with Gasteiger partial charge in [0.25, 0.3) is 0 Å². The van der Waals surface area contributed by atoms with Gasteiger partial charge < -0.3 is 10.1 Å². The summed E-state index contributed by atoms with van der Waals surface area (Å²) < 4.78 is 6.97. The second kappa shape index (κ2) is 6.33. The molecule has 1 N–H and O–H groups in total. The molecule has 2 aromatic rings. The van der Waals surface area contributed by atoms with E-state index < -0.39 is 0 Å². The van der Waals surface area contributed by atoms with Crippen LogP contribution in [0.5, 0.6) is 0 Å². The molecule has 1 unspecified atom stereocenters. The number of methoxy groups -OCH3 is 1. The summed E-state index contributed by atoms with van der Waals surface area (Å²) in [5.41, 5.74) is 2.08. The zero-order chi connectivity index (χ0) is 13.7. The van der Waals surface area contributed by atoms with E-state index in [0.29, 0.717) is 18.6 Å². The van der Waals surface area contributed by atoms with E-state index in [4.69, 9.17) is 4.74 Å². The molecule has 0 amide bonds. The van der Waals surface area contributed by atoms with Gasteiger partial charge in [0, 0.05) is 12.8 Å². The van der Waals surface area contributed by atoms with Crippen molar-refractivity contribution in [1.82, 2.24) is 14.8 Å². The van der Waals surface area contributed by atoms with Crippen molar-refractivity contribution < 1.29 is 4.74 Å². The molecule has 0 bridgehead atoms. The van der Waals surface area contributed by atoms with Crippen LogP contribution in [0.3, 0.4) is 0 Å². The summed E-state index contributed by atoms with van der Waals surface area (Å²) in [7, 11) is 1.73. The molecule has 102 valence electrons. The van der Waals surface area contributed by atoms with E-state index in [-0.39, 0.29) is 0 Å². The normalized spacial score (nSPS) is 12.6. The Kier molecular flexibility index (Phi) is 4.52. The van der Waals surface area contributed by atoms with Crippen molar-refractivity contribution in [2.75, 3.05) is 19.0 Å². The first kappa shape index (κ1) is 13.5. The van der Waals surface area contributed by atoms with Crippen LogP contribution in [0.2, 0.25) is 0 Å². The molecule has 0 aliphatic carbocycles. The van der Waals surface area contributed by atoms with Crippen LogP contribution >= 0.6 is 0 Å². The molecule has 0 saturated carbocycles. The minimum Gasteiger partial charge on any atom is -0.383 e. The quantitative estimate of drug-likeness (QED) is 0.866. The molecule has 1 aromatic carbocycles. The van der Waals surface area contributed by atoms with Crippen molar-refractivity contribution in [2.45, 2.75) is 19.9 Å². The first-order valence-corrected chi connectivity index (χ1v) is 6.41. The van der Waals surface area contributed by atoms with Crippen LogP contribution < -0.4 is 5.32 Å². The van der Waals surface area contributed by atoms with Crippen LogP contribution in [0.15, 0.2) is 36.9 Å². The Morgan fingerprint density at radius 1 is 1.26 bits per heavy atom. The number of aromatic nitrogens is 3. The molecule has 0 saturated heterocycles. The number of hydrogen-bond donors (Lipinski definition) is 1. The maximum absolute atomic E-state index is 5.24. The summed E-state index contributed by atoms with van der Waals surface area (Å²) in [5.74, 6) is 0.509. The van der Waals surface area contributed by atoms with Crippen molar-refractivity contribution in [1.29, 1.82) is 0 Å². The van der Waals surface area contributed by atoms with Crippen LogP contribution in [0.4, 0.5) is 5.69 Å². The average Bonchev–Trinajstić information content (AvgIpc) is 2.93. The highest BCUT2D eigenvalue weighted by atomic mass is 16.5. The number of ether oxygens (including phenoxy) is 1. The fraction of sp³-hybridized carbons (Fsp3) is 0.429. The third-order valence-electron chi connectivity index (χ3n) is 3.05. The third kappa shape index (κ3) is 3.54. The SMILES string of the molecule is COCC(Nc1ccc(-n2cncn2)cc1)C(C)C. The van der Waals surface area contributed by atoms with Crippen molar-refractivity contribution in [3.8, 4) is 5.69 Å². The van der Waals surface area contributed by atoms with Gasteiger partial charge in [-0.05, 0) is 30.2 Å². The summed E-state index contributed by atoms with van der Waals surface area (Å²) in [5, 5.41) is 7.58. The molecule has 0 radical (unpaired) electrons. The monoisotopic (exact) mass is 260 g/mol. The van der Waals surface area contributed by atoms with Gasteiger partial charge in [0.15, 0.2) is 0 Å². The van der Waals surface area contributed by atoms with E-state index in [1.165, 1.54) is 6.33 Å². The van der Waals surface area contributed by atoms with E-state index in [9.17, 15) is 0 Å². The standard InChI is InChI=1S/C14H20N4O/c1-11(2)14(8-19-3)17-12-4-6-13(7-5-12)18-10-15-9-16-18/h4-7,9-11,14,17H,8H2,1-3H3. The molecule has 5 heteroatoms. The number of nitrogens with zero attached hydrogens (tertiary/aromatic N) is 3. The van der Waals surface area contributed by atoms with Crippen LogP contribution in [0.1, 0.15) is 13.8 Å². The zero-order valence-corrected chi connectivity index (χ0v) is 11.6. The Morgan fingerprint density at radius 2 is 2.00 bits per heavy atom. The molecule has 0 aliphatic rings. The summed E-state index contributed by atoms with van der Waals surface area (Å²) in [4.78, 5) is 3.94. The first-order chi connectivity index (χ1) is 9.20. The van der Waals surface area contributed by atoms with Gasteiger partial charge in [-0.15, -0.1) is 0 Å². The van der Waals surface area contributed by atoms with Crippen molar-refractivity contribution in [2.24, 2.45) is 5.92 Å². The lowest BCUT2D eigenvalue weighted by Gasteiger charge is -2.22. The predicted molar refractivity (Wildman–Crippen MR) is 75.5 cm³/mol. The molecule has 5 nitrogen and oxygen atoms in total. The highest BCUT2D eigenvalue weighted by molar-refractivity contribution is 5.49. The Bertz CT molecular complexity index is 479. The zero-order valence-electron chi connectivity index (χ0n) is 11.6. The van der Waals surface area contributed by atoms with E-state index in [2.05, 4.69) is 29.2 Å². The van der Waals surface area contributed by atoms with Gasteiger partial charge in [-0.3, -0.25) is 0 Å². The summed E-state index contributed by atoms with van der Waals surface area (Å²) in [6.45, 7) is 5.06. The molecule has 2 rings (SSSR count). The highest BCUT2D eigenvalue weighted by Crippen LogP contribution is 2.15. The van der Waals surface area contributed by atoms with Gasteiger partial charge >= 0.3 is 0 Å². The van der Waals surface area contributed by atoms with E-state index in [0.717, 1.165) is 11.4 Å². The minimum atomic E-state index is 0.308. The van der Waals surface area contributed by atoms with Crippen molar-refractivity contribution in [3.63, 3.8) is 0 Å². The minimum absolute atomic E-state index is 0.308. The van der Waals surface area contributed by atoms with Gasteiger partial charge in [0.2, 0.25) is 0 Å². The average molecular weight is 260 g/mol. The fourth-order valence-electron chi connectivity index (χ4n) is 1.85. The second-order valence-corrected chi connectivity index (χ2v) is 4.84. The van der Waals surface area contributed by atoms with Crippen LogP contribution in [-0.2, 0) is 4.74 Å². The van der Waals surface area contributed by atoms with E-state index >= 15 is 0 Å². The van der Waals surface area contributed by atoms with Gasteiger partial charge in [0.05, 0.1) is 18.3 Å². The number of benzene rings is 1. The summed E-state index contributed by atoms with van der Waals surface area (Å²) >= 11 is 0. The molecule has 1 heterocycles. The van der Waals surface area contributed by atoms with E-state index in [1.807, 2.05) is 24.3 Å². The molecule has 1 aromatic heterocycles. The van der Waals surface area contributed by atoms with Gasteiger partial charge in [-0.25, -0.2) is 9.67 Å². The molecular weight excluding hydrogens is 240 g/mol. The molecule has 0 fully saturated rings. The molecule has 0 aliphatic heterocycles. The number of anilines is 1. The number of rotatable bonds is 6. The van der Waals surface area contributed by atoms with E-state index in [1.54, 1.807) is 18.1 Å². The largest absolute Gasteiger partial charge is 0.383 e. The van der Waals surface area contributed by atoms with Gasteiger partial charge in [0.1, 0.15) is 12.7 Å². The van der Waals surface area contributed by atoms with Crippen molar-refractivity contribution in [3.05, 3.63) is 36.9 Å².